The minimum Gasteiger partial charge on any atom is -0.478 e. The molecule has 0 aliphatic carbocycles. The van der Waals surface area contributed by atoms with Gasteiger partial charge in [-0.15, -0.1) is 0 Å². The van der Waals surface area contributed by atoms with Crippen LogP contribution in [0.25, 0.3) is 0 Å². The second kappa shape index (κ2) is 8.35. The van der Waals surface area contributed by atoms with Crippen molar-refractivity contribution in [1.82, 2.24) is 5.32 Å². The number of methoxy groups -OCH3 is 1. The van der Waals surface area contributed by atoms with E-state index < -0.39 is 29.2 Å². The van der Waals surface area contributed by atoms with Gasteiger partial charge >= 0.3 is 11.9 Å². The molecule has 126 valence electrons. The third kappa shape index (κ3) is 5.11. The molecule has 0 radical (unpaired) electrons. The van der Waals surface area contributed by atoms with Crippen LogP contribution in [-0.4, -0.2) is 42.4 Å². The average molecular weight is 329 g/mol. The molecule has 1 aliphatic heterocycles. The first kappa shape index (κ1) is 18.7. The van der Waals surface area contributed by atoms with Gasteiger partial charge in [0.25, 0.3) is 0 Å². The van der Waals surface area contributed by atoms with Gasteiger partial charge in [0, 0.05) is 31.4 Å². The van der Waals surface area contributed by atoms with Crippen molar-refractivity contribution < 1.29 is 33.3 Å². The molecule has 1 fully saturated rings. The third-order valence-electron chi connectivity index (χ3n) is 3.32. The number of hydrogen-bond acceptors (Lipinski definition) is 4. The molecule has 1 aliphatic rings. The summed E-state index contributed by atoms with van der Waals surface area (Å²) in [6.07, 6.45) is 1.77. The summed E-state index contributed by atoms with van der Waals surface area (Å²) in [5.74, 6) is -4.14. The minimum absolute atomic E-state index is 0.301. The van der Waals surface area contributed by atoms with E-state index in [-0.39, 0.29) is 0 Å². The molecule has 0 saturated carbocycles. The van der Waals surface area contributed by atoms with Gasteiger partial charge in [-0.3, -0.25) is 0 Å². The second-order valence-corrected chi connectivity index (χ2v) is 4.74. The quantitative estimate of drug-likeness (QED) is 0.725. The summed E-state index contributed by atoms with van der Waals surface area (Å²) in [5, 5.41) is 18.7. The maximum absolute atomic E-state index is 13.6. The van der Waals surface area contributed by atoms with Crippen LogP contribution in [0.5, 0.6) is 0 Å². The lowest BCUT2D eigenvalue weighted by atomic mass is 9.92. The normalized spacial score (nSPS) is 20.1. The number of halogens is 2. The second-order valence-electron chi connectivity index (χ2n) is 4.74. The van der Waals surface area contributed by atoms with Crippen LogP contribution in [0.1, 0.15) is 12.0 Å². The van der Waals surface area contributed by atoms with E-state index in [2.05, 4.69) is 5.32 Å². The van der Waals surface area contributed by atoms with Crippen LogP contribution in [0.15, 0.2) is 30.4 Å². The van der Waals surface area contributed by atoms with Gasteiger partial charge in [0.2, 0.25) is 0 Å². The predicted molar refractivity (Wildman–Crippen MR) is 76.9 cm³/mol. The van der Waals surface area contributed by atoms with E-state index in [0.29, 0.717) is 30.7 Å². The molecule has 2 rings (SSSR count). The number of nitrogens with one attached hydrogen (secondary N) is 1. The summed E-state index contributed by atoms with van der Waals surface area (Å²) in [5.41, 5.74) is -0.415. The Labute approximate surface area is 131 Å². The van der Waals surface area contributed by atoms with E-state index in [1.807, 2.05) is 0 Å². The van der Waals surface area contributed by atoms with E-state index in [0.717, 1.165) is 12.6 Å². The van der Waals surface area contributed by atoms with Gasteiger partial charge in [0.15, 0.2) is 11.6 Å². The number of hydrogen-bond donors (Lipinski definition) is 3. The highest BCUT2D eigenvalue weighted by atomic mass is 19.2. The molecular formula is C15H17F2NO5. The molecule has 8 heteroatoms. The number of carbonyl (C=O) groups is 2. The lowest BCUT2D eigenvalue weighted by molar-refractivity contribution is -0.134. The lowest BCUT2D eigenvalue weighted by Gasteiger charge is -2.27. The first-order chi connectivity index (χ1) is 10.8. The van der Waals surface area contributed by atoms with Crippen molar-refractivity contribution in [2.45, 2.75) is 12.0 Å². The van der Waals surface area contributed by atoms with E-state index in [1.54, 1.807) is 6.07 Å². The number of rotatable bonds is 4. The molecule has 0 amide bonds. The Morgan fingerprint density at radius 1 is 1.26 bits per heavy atom. The fourth-order valence-corrected chi connectivity index (χ4v) is 2.18. The molecule has 0 aromatic heterocycles. The first-order valence-electron chi connectivity index (χ1n) is 6.66. The van der Waals surface area contributed by atoms with E-state index in [9.17, 15) is 18.4 Å². The predicted octanol–water partition coefficient (Wildman–Crippen LogP) is 1.51. The van der Waals surface area contributed by atoms with Crippen LogP contribution in [0, 0.1) is 11.6 Å². The molecule has 1 heterocycles. The number of aliphatic carboxylic acids is 2. The molecule has 6 nitrogen and oxygen atoms in total. The zero-order valence-corrected chi connectivity index (χ0v) is 12.4. The van der Waals surface area contributed by atoms with Gasteiger partial charge in [-0.1, -0.05) is 12.1 Å². The van der Waals surface area contributed by atoms with Crippen LogP contribution in [0.4, 0.5) is 8.78 Å². The SMILES string of the molecule is CO[C@]1(c2cccc(F)c2F)CCNC1.O=C(O)C=CC(=O)O. The van der Waals surface area contributed by atoms with Crippen LogP contribution in [0.2, 0.25) is 0 Å². The van der Waals surface area contributed by atoms with Crippen molar-refractivity contribution in [2.75, 3.05) is 20.2 Å². The van der Waals surface area contributed by atoms with Crippen LogP contribution >= 0.6 is 0 Å². The summed E-state index contributed by atoms with van der Waals surface area (Å²) in [6.45, 7) is 1.27. The standard InChI is InChI=1S/C11H13F2NO.C4H4O4/c1-15-11(5-6-14-7-11)8-3-2-4-9(12)10(8)13;5-3(6)1-2-4(7)8/h2-4,14H,5-7H2,1H3;1-2H,(H,5,6)(H,7,8)/t11-;/m1./s1. The Morgan fingerprint density at radius 2 is 1.87 bits per heavy atom. The number of carboxylic acids is 2. The third-order valence-corrected chi connectivity index (χ3v) is 3.32. The van der Waals surface area contributed by atoms with E-state index >= 15 is 0 Å². The zero-order chi connectivity index (χ0) is 17.5. The highest BCUT2D eigenvalue weighted by Gasteiger charge is 2.38. The Kier molecular flexibility index (Phi) is 6.80. The van der Waals surface area contributed by atoms with E-state index in [1.165, 1.54) is 13.2 Å². The van der Waals surface area contributed by atoms with Gasteiger partial charge in [0.1, 0.15) is 5.60 Å². The zero-order valence-electron chi connectivity index (χ0n) is 12.4. The Hall–Kier alpha value is -2.32. The van der Waals surface area contributed by atoms with Crippen molar-refractivity contribution in [3.8, 4) is 0 Å². The Bertz CT molecular complexity index is 582. The summed E-state index contributed by atoms with van der Waals surface area (Å²) in [6, 6.07) is 4.20. The van der Waals surface area contributed by atoms with Crippen LogP contribution < -0.4 is 5.32 Å². The topological polar surface area (TPSA) is 95.9 Å². The number of benzene rings is 1. The van der Waals surface area contributed by atoms with Crippen molar-refractivity contribution >= 4 is 11.9 Å². The molecule has 1 saturated heterocycles. The molecule has 0 bridgehead atoms. The molecule has 0 spiro atoms. The van der Waals surface area contributed by atoms with Gasteiger partial charge in [-0.05, 0) is 19.0 Å². The maximum atomic E-state index is 13.6. The van der Waals surface area contributed by atoms with Crippen molar-refractivity contribution in [1.29, 1.82) is 0 Å². The maximum Gasteiger partial charge on any atom is 0.328 e. The molecule has 1 atom stereocenters. The van der Waals surface area contributed by atoms with Gasteiger partial charge < -0.3 is 20.3 Å². The molecule has 3 N–H and O–H groups in total. The largest absolute Gasteiger partial charge is 0.478 e. The van der Waals surface area contributed by atoms with Crippen LogP contribution in [0.3, 0.4) is 0 Å². The number of ether oxygens (including phenoxy) is 1. The lowest BCUT2D eigenvalue weighted by Crippen LogP contribution is -2.32. The summed E-state index contributed by atoms with van der Waals surface area (Å²) >= 11 is 0. The smallest absolute Gasteiger partial charge is 0.328 e. The molecule has 1 aromatic rings. The van der Waals surface area contributed by atoms with E-state index in [4.69, 9.17) is 14.9 Å². The van der Waals surface area contributed by atoms with Crippen molar-refractivity contribution in [3.63, 3.8) is 0 Å². The molecule has 0 unspecified atom stereocenters. The summed E-state index contributed by atoms with van der Waals surface area (Å²) < 4.78 is 32.0. The van der Waals surface area contributed by atoms with Crippen molar-refractivity contribution in [2.24, 2.45) is 0 Å². The fourth-order valence-electron chi connectivity index (χ4n) is 2.18. The molecule has 1 aromatic carbocycles. The number of carboxylic acid groups (broad SMARTS) is 2. The van der Waals surface area contributed by atoms with Crippen LogP contribution in [-0.2, 0) is 19.9 Å². The van der Waals surface area contributed by atoms with Gasteiger partial charge in [-0.25, -0.2) is 18.4 Å². The average Bonchev–Trinajstić information content (AvgIpc) is 2.98. The first-order valence-corrected chi connectivity index (χ1v) is 6.66. The molecular weight excluding hydrogens is 312 g/mol. The van der Waals surface area contributed by atoms with Gasteiger partial charge in [-0.2, -0.15) is 0 Å². The molecule has 23 heavy (non-hydrogen) atoms. The van der Waals surface area contributed by atoms with Crippen molar-refractivity contribution in [3.05, 3.63) is 47.5 Å². The summed E-state index contributed by atoms with van der Waals surface area (Å²) in [7, 11) is 1.53. The summed E-state index contributed by atoms with van der Waals surface area (Å²) in [4.78, 5) is 19.1. The minimum atomic E-state index is -1.26. The highest BCUT2D eigenvalue weighted by Crippen LogP contribution is 2.33. The fraction of sp³-hybridized carbons (Fsp3) is 0.333. The highest BCUT2D eigenvalue weighted by molar-refractivity contribution is 5.89. The monoisotopic (exact) mass is 329 g/mol. The van der Waals surface area contributed by atoms with Gasteiger partial charge in [0.05, 0.1) is 0 Å². The Balaban J connectivity index is 0.000000284. The Morgan fingerprint density at radius 3 is 2.30 bits per heavy atom.